The molecule has 1 nitrogen and oxygen atoms in total. The fourth-order valence-electron chi connectivity index (χ4n) is 1.91. The molecule has 0 amide bonds. The molecule has 21 heavy (non-hydrogen) atoms. The largest absolute Gasteiger partial charge is 0.494 e. The van der Waals surface area contributed by atoms with Crippen LogP contribution in [0.15, 0.2) is 66.7 Å². The molecule has 0 aliphatic rings. The summed E-state index contributed by atoms with van der Waals surface area (Å²) in [4.78, 5) is 0. The lowest BCUT2D eigenvalue weighted by Crippen LogP contribution is -1.95. The summed E-state index contributed by atoms with van der Waals surface area (Å²) in [7, 11) is 0. The van der Waals surface area contributed by atoms with Crippen LogP contribution in [0.25, 0.3) is 12.2 Å². The van der Waals surface area contributed by atoms with Crippen molar-refractivity contribution in [3.63, 3.8) is 0 Å². The van der Waals surface area contributed by atoms with Crippen molar-refractivity contribution in [3.8, 4) is 5.75 Å². The Bertz CT molecular complexity index is 565. The number of unbranched alkanes of at least 4 members (excludes halogenated alkanes) is 1. The lowest BCUT2D eigenvalue weighted by molar-refractivity contribution is 0.309. The summed E-state index contributed by atoms with van der Waals surface area (Å²) in [6.07, 6.45) is 10.6. The van der Waals surface area contributed by atoms with E-state index >= 15 is 0 Å². The van der Waals surface area contributed by atoms with Gasteiger partial charge >= 0.3 is 0 Å². The van der Waals surface area contributed by atoms with Crippen molar-refractivity contribution in [1.29, 1.82) is 0 Å². The SMILES string of the molecule is CCCCOc1ccc(/C=C/C=C/c2ccccc2)cc1. The number of benzene rings is 2. The Kier molecular flexibility index (Phi) is 6.34. The van der Waals surface area contributed by atoms with E-state index < -0.39 is 0 Å². The maximum absolute atomic E-state index is 5.65. The zero-order valence-electron chi connectivity index (χ0n) is 12.5. The van der Waals surface area contributed by atoms with Gasteiger partial charge in [0.05, 0.1) is 6.61 Å². The van der Waals surface area contributed by atoms with Crippen molar-refractivity contribution in [1.82, 2.24) is 0 Å². The Balaban J connectivity index is 1.85. The van der Waals surface area contributed by atoms with Crippen molar-refractivity contribution in [3.05, 3.63) is 77.9 Å². The van der Waals surface area contributed by atoms with E-state index in [1.807, 2.05) is 30.3 Å². The zero-order valence-corrected chi connectivity index (χ0v) is 12.5. The molecule has 0 N–H and O–H groups in total. The van der Waals surface area contributed by atoms with Gasteiger partial charge in [0.1, 0.15) is 5.75 Å². The molecule has 2 rings (SSSR count). The second-order valence-electron chi connectivity index (χ2n) is 4.90. The fourth-order valence-corrected chi connectivity index (χ4v) is 1.91. The normalized spacial score (nSPS) is 11.3. The quantitative estimate of drug-likeness (QED) is 0.473. The Morgan fingerprint density at radius 3 is 2.05 bits per heavy atom. The molecule has 0 aromatic heterocycles. The smallest absolute Gasteiger partial charge is 0.119 e. The minimum atomic E-state index is 0.797. The molecule has 0 heterocycles. The van der Waals surface area contributed by atoms with Gasteiger partial charge in [-0.1, -0.05) is 80.1 Å². The molecule has 0 bridgehead atoms. The highest BCUT2D eigenvalue weighted by Gasteiger charge is 1.92. The minimum absolute atomic E-state index is 0.797. The molecule has 108 valence electrons. The average molecular weight is 278 g/mol. The highest BCUT2D eigenvalue weighted by Crippen LogP contribution is 2.13. The van der Waals surface area contributed by atoms with Crippen LogP contribution in [0.4, 0.5) is 0 Å². The molecule has 0 fully saturated rings. The van der Waals surface area contributed by atoms with Crippen LogP contribution < -0.4 is 4.74 Å². The van der Waals surface area contributed by atoms with Crippen molar-refractivity contribution < 1.29 is 4.74 Å². The Labute approximate surface area is 127 Å². The molecule has 2 aromatic rings. The van der Waals surface area contributed by atoms with Crippen molar-refractivity contribution >= 4 is 12.2 Å². The first-order valence-electron chi connectivity index (χ1n) is 7.51. The second kappa shape index (κ2) is 8.80. The van der Waals surface area contributed by atoms with Gasteiger partial charge in [-0.05, 0) is 29.7 Å². The summed E-state index contributed by atoms with van der Waals surface area (Å²) in [5.41, 5.74) is 2.39. The van der Waals surface area contributed by atoms with Gasteiger partial charge in [0.2, 0.25) is 0 Å². The van der Waals surface area contributed by atoms with Crippen LogP contribution in [0.2, 0.25) is 0 Å². The van der Waals surface area contributed by atoms with Gasteiger partial charge in [-0.25, -0.2) is 0 Å². The number of hydrogen-bond donors (Lipinski definition) is 0. The van der Waals surface area contributed by atoms with Crippen LogP contribution in [-0.2, 0) is 0 Å². The van der Waals surface area contributed by atoms with Crippen molar-refractivity contribution in [2.75, 3.05) is 6.61 Å². The second-order valence-corrected chi connectivity index (χ2v) is 4.90. The predicted octanol–water partition coefficient (Wildman–Crippen LogP) is 5.59. The highest BCUT2D eigenvalue weighted by atomic mass is 16.5. The van der Waals surface area contributed by atoms with E-state index in [2.05, 4.69) is 55.5 Å². The van der Waals surface area contributed by atoms with E-state index in [0.29, 0.717) is 0 Å². The monoisotopic (exact) mass is 278 g/mol. The average Bonchev–Trinajstić information content (AvgIpc) is 2.54. The molecular formula is C20H22O. The van der Waals surface area contributed by atoms with Crippen LogP contribution in [-0.4, -0.2) is 6.61 Å². The molecule has 0 aliphatic carbocycles. The Morgan fingerprint density at radius 2 is 1.43 bits per heavy atom. The first-order valence-corrected chi connectivity index (χ1v) is 7.51. The number of allylic oxidation sites excluding steroid dienone is 2. The number of rotatable bonds is 7. The summed E-state index contributed by atoms with van der Waals surface area (Å²) < 4.78 is 5.65. The minimum Gasteiger partial charge on any atom is -0.494 e. The van der Waals surface area contributed by atoms with E-state index in [9.17, 15) is 0 Å². The lowest BCUT2D eigenvalue weighted by atomic mass is 10.2. The van der Waals surface area contributed by atoms with E-state index in [0.717, 1.165) is 25.2 Å². The first-order chi connectivity index (χ1) is 10.4. The molecule has 2 aromatic carbocycles. The van der Waals surface area contributed by atoms with Crippen LogP contribution >= 0.6 is 0 Å². The third-order valence-electron chi connectivity index (χ3n) is 3.13. The molecular weight excluding hydrogens is 256 g/mol. The summed E-state index contributed by atoms with van der Waals surface area (Å²) in [5, 5.41) is 0. The molecule has 0 unspecified atom stereocenters. The van der Waals surface area contributed by atoms with E-state index in [4.69, 9.17) is 4.74 Å². The molecule has 1 heteroatoms. The highest BCUT2D eigenvalue weighted by molar-refractivity contribution is 5.57. The van der Waals surface area contributed by atoms with Gasteiger partial charge in [-0.2, -0.15) is 0 Å². The maximum atomic E-state index is 5.65. The molecule has 0 radical (unpaired) electrons. The van der Waals surface area contributed by atoms with Gasteiger partial charge < -0.3 is 4.74 Å². The first kappa shape index (κ1) is 15.1. The molecule has 0 saturated carbocycles. The van der Waals surface area contributed by atoms with Crippen LogP contribution in [0.3, 0.4) is 0 Å². The molecule has 0 saturated heterocycles. The fraction of sp³-hybridized carbons (Fsp3) is 0.200. The van der Waals surface area contributed by atoms with Crippen LogP contribution in [0, 0.1) is 0 Å². The lowest BCUT2D eigenvalue weighted by Gasteiger charge is -2.04. The van der Waals surface area contributed by atoms with Crippen molar-refractivity contribution in [2.45, 2.75) is 19.8 Å². The maximum Gasteiger partial charge on any atom is 0.119 e. The topological polar surface area (TPSA) is 9.23 Å². The third kappa shape index (κ3) is 5.70. The van der Waals surface area contributed by atoms with E-state index in [1.54, 1.807) is 0 Å². The molecule has 0 aliphatic heterocycles. The third-order valence-corrected chi connectivity index (χ3v) is 3.13. The van der Waals surface area contributed by atoms with Crippen LogP contribution in [0.5, 0.6) is 5.75 Å². The molecule has 0 atom stereocenters. The predicted molar refractivity (Wildman–Crippen MR) is 91.4 cm³/mol. The van der Waals surface area contributed by atoms with E-state index in [-0.39, 0.29) is 0 Å². The summed E-state index contributed by atoms with van der Waals surface area (Å²) >= 11 is 0. The van der Waals surface area contributed by atoms with E-state index in [1.165, 1.54) is 11.1 Å². The van der Waals surface area contributed by atoms with Gasteiger partial charge in [0, 0.05) is 0 Å². The van der Waals surface area contributed by atoms with Crippen molar-refractivity contribution in [2.24, 2.45) is 0 Å². The van der Waals surface area contributed by atoms with Crippen LogP contribution in [0.1, 0.15) is 30.9 Å². The number of hydrogen-bond acceptors (Lipinski definition) is 1. The van der Waals surface area contributed by atoms with Gasteiger partial charge in [-0.15, -0.1) is 0 Å². The number of ether oxygens (including phenoxy) is 1. The zero-order chi connectivity index (χ0) is 14.8. The standard InChI is InChI=1S/C20H22O/c1-2-3-17-21-20-15-13-19(14-16-20)12-8-7-11-18-9-5-4-6-10-18/h4-16H,2-3,17H2,1H3/b11-7+,12-8+. The Morgan fingerprint density at radius 1 is 0.810 bits per heavy atom. The summed E-state index contributed by atoms with van der Waals surface area (Å²) in [6.45, 7) is 2.96. The molecule has 0 spiro atoms. The van der Waals surface area contributed by atoms with Gasteiger partial charge in [0.25, 0.3) is 0 Å². The Hall–Kier alpha value is -2.28. The summed E-state index contributed by atoms with van der Waals surface area (Å²) in [6, 6.07) is 18.5. The van der Waals surface area contributed by atoms with Gasteiger partial charge in [0.15, 0.2) is 0 Å². The van der Waals surface area contributed by atoms with Gasteiger partial charge in [-0.3, -0.25) is 0 Å². The summed E-state index contributed by atoms with van der Waals surface area (Å²) in [5.74, 6) is 0.945.